The molecule has 1 aromatic heterocycles. The Morgan fingerprint density at radius 1 is 1.43 bits per heavy atom. The minimum atomic E-state index is -0.119. The van der Waals surface area contributed by atoms with Crippen molar-refractivity contribution < 1.29 is 4.79 Å². The van der Waals surface area contributed by atoms with Crippen LogP contribution >= 0.6 is 23.5 Å². The summed E-state index contributed by atoms with van der Waals surface area (Å²) in [5.41, 5.74) is 2.63. The zero-order chi connectivity index (χ0) is 16.2. The Bertz CT molecular complexity index is 761. The second-order valence-electron chi connectivity index (χ2n) is 5.33. The molecule has 3 rings (SSSR count). The number of hydrogen-bond acceptors (Lipinski definition) is 5. The van der Waals surface area contributed by atoms with Gasteiger partial charge in [0.25, 0.3) is 0 Å². The molecule has 0 bridgehead atoms. The lowest BCUT2D eigenvalue weighted by atomic mass is 10.1. The zero-order valence-corrected chi connectivity index (χ0v) is 14.8. The number of nitrogens with zero attached hydrogens (tertiary/aromatic N) is 2. The standard InChI is InChI=1S/C17H19N3OS2/c1-3-15(23-17-18-8-9-22-17)16(21)20-14-10-11(2)19-13-7-5-4-6-12(13)14/h4-7,10,15H,3,8-9H2,1-2H3,(H,19,20,21). The largest absolute Gasteiger partial charge is 0.324 e. The van der Waals surface area contributed by atoms with Gasteiger partial charge in [0, 0.05) is 16.8 Å². The number of fused-ring (bicyclic) bond motifs is 1. The van der Waals surface area contributed by atoms with E-state index in [-0.39, 0.29) is 11.2 Å². The van der Waals surface area contributed by atoms with Crippen LogP contribution < -0.4 is 5.32 Å². The fraction of sp³-hybridized carbons (Fsp3) is 0.353. The highest BCUT2D eigenvalue weighted by Gasteiger charge is 2.22. The summed E-state index contributed by atoms with van der Waals surface area (Å²) in [4.78, 5) is 21.6. The van der Waals surface area contributed by atoms with Gasteiger partial charge >= 0.3 is 0 Å². The van der Waals surface area contributed by atoms with Crippen molar-refractivity contribution in [2.75, 3.05) is 17.6 Å². The normalized spacial score (nSPS) is 15.5. The van der Waals surface area contributed by atoms with Gasteiger partial charge in [-0.25, -0.2) is 0 Å². The van der Waals surface area contributed by atoms with Crippen molar-refractivity contribution in [1.82, 2.24) is 4.98 Å². The number of aromatic nitrogens is 1. The Morgan fingerprint density at radius 2 is 2.26 bits per heavy atom. The van der Waals surface area contributed by atoms with Gasteiger partial charge < -0.3 is 5.32 Å². The zero-order valence-electron chi connectivity index (χ0n) is 13.2. The first-order valence-corrected chi connectivity index (χ1v) is 9.55. The van der Waals surface area contributed by atoms with Crippen molar-refractivity contribution >= 4 is 50.4 Å². The molecule has 6 heteroatoms. The number of aryl methyl sites for hydroxylation is 1. The molecule has 0 saturated carbocycles. The minimum Gasteiger partial charge on any atom is -0.324 e. The van der Waals surface area contributed by atoms with Crippen LogP contribution in [-0.4, -0.2) is 32.8 Å². The smallest absolute Gasteiger partial charge is 0.237 e. The predicted molar refractivity (Wildman–Crippen MR) is 102 cm³/mol. The summed E-state index contributed by atoms with van der Waals surface area (Å²) in [5.74, 6) is 1.05. The van der Waals surface area contributed by atoms with E-state index in [1.807, 2.05) is 44.2 Å². The molecule has 1 atom stereocenters. The van der Waals surface area contributed by atoms with Crippen LogP contribution in [0.4, 0.5) is 5.69 Å². The molecule has 0 spiro atoms. The van der Waals surface area contributed by atoms with E-state index >= 15 is 0 Å². The molecule has 0 aliphatic carbocycles. The number of hydrogen-bond donors (Lipinski definition) is 1. The number of anilines is 1. The summed E-state index contributed by atoms with van der Waals surface area (Å²) < 4.78 is 1.03. The molecule has 1 unspecified atom stereocenters. The fourth-order valence-corrected chi connectivity index (χ4v) is 4.61. The predicted octanol–water partition coefficient (Wildman–Crippen LogP) is 4.10. The third-order valence-corrected chi connectivity index (χ3v) is 6.13. The highest BCUT2D eigenvalue weighted by Crippen LogP contribution is 2.29. The van der Waals surface area contributed by atoms with E-state index in [1.165, 1.54) is 0 Å². The number of aliphatic imine (C=N–C) groups is 1. The summed E-state index contributed by atoms with van der Waals surface area (Å²) in [6.07, 6.45) is 0.776. The van der Waals surface area contributed by atoms with Crippen LogP contribution in [0.5, 0.6) is 0 Å². The molecule has 120 valence electrons. The number of amides is 1. The Balaban J connectivity index is 1.81. The molecule has 0 saturated heterocycles. The van der Waals surface area contributed by atoms with E-state index in [1.54, 1.807) is 23.5 Å². The first kappa shape index (κ1) is 16.3. The molecule has 1 aliphatic heterocycles. The molecular weight excluding hydrogens is 326 g/mol. The second-order valence-corrected chi connectivity index (χ2v) is 7.86. The van der Waals surface area contributed by atoms with Crippen molar-refractivity contribution in [3.63, 3.8) is 0 Å². The number of para-hydroxylation sites is 1. The van der Waals surface area contributed by atoms with Crippen molar-refractivity contribution in [3.05, 3.63) is 36.0 Å². The van der Waals surface area contributed by atoms with Gasteiger partial charge in [0.05, 0.1) is 23.0 Å². The lowest BCUT2D eigenvalue weighted by molar-refractivity contribution is -0.115. The van der Waals surface area contributed by atoms with Gasteiger partial charge in [-0.15, -0.1) is 0 Å². The average Bonchev–Trinajstić information content (AvgIpc) is 3.05. The lowest BCUT2D eigenvalue weighted by Crippen LogP contribution is -2.25. The molecule has 1 aliphatic rings. The van der Waals surface area contributed by atoms with Crippen molar-refractivity contribution in [3.8, 4) is 0 Å². The van der Waals surface area contributed by atoms with Crippen molar-refractivity contribution in [1.29, 1.82) is 0 Å². The Kier molecular flexibility index (Phi) is 5.23. The van der Waals surface area contributed by atoms with Crippen LogP contribution in [-0.2, 0) is 4.79 Å². The molecule has 1 amide bonds. The lowest BCUT2D eigenvalue weighted by Gasteiger charge is -2.15. The monoisotopic (exact) mass is 345 g/mol. The highest BCUT2D eigenvalue weighted by molar-refractivity contribution is 8.39. The first-order chi connectivity index (χ1) is 11.2. The van der Waals surface area contributed by atoms with Gasteiger partial charge in [0.2, 0.25) is 5.91 Å². The molecule has 1 aromatic carbocycles. The number of benzene rings is 1. The second kappa shape index (κ2) is 7.36. The van der Waals surface area contributed by atoms with E-state index in [0.29, 0.717) is 0 Å². The minimum absolute atomic E-state index is 0.0310. The fourth-order valence-electron chi connectivity index (χ4n) is 2.46. The summed E-state index contributed by atoms with van der Waals surface area (Å²) in [6, 6.07) is 9.81. The number of nitrogens with one attached hydrogen (secondary N) is 1. The number of rotatable bonds is 4. The number of carbonyl (C=O) groups is 1. The van der Waals surface area contributed by atoms with E-state index in [4.69, 9.17) is 0 Å². The molecule has 4 nitrogen and oxygen atoms in total. The average molecular weight is 345 g/mol. The molecular formula is C17H19N3OS2. The third kappa shape index (κ3) is 3.87. The van der Waals surface area contributed by atoms with Crippen LogP contribution in [0.3, 0.4) is 0 Å². The van der Waals surface area contributed by atoms with E-state index in [2.05, 4.69) is 15.3 Å². The quantitative estimate of drug-likeness (QED) is 0.906. The van der Waals surface area contributed by atoms with Crippen LogP contribution in [0.25, 0.3) is 10.9 Å². The number of carbonyl (C=O) groups excluding carboxylic acids is 1. The number of pyridine rings is 1. The molecule has 23 heavy (non-hydrogen) atoms. The van der Waals surface area contributed by atoms with E-state index in [9.17, 15) is 4.79 Å². The molecule has 2 heterocycles. The summed E-state index contributed by atoms with van der Waals surface area (Å²) in [6.45, 7) is 4.84. The van der Waals surface area contributed by atoms with Gasteiger partial charge in [0.1, 0.15) is 4.38 Å². The summed E-state index contributed by atoms with van der Waals surface area (Å²) in [5, 5.41) is 3.94. The van der Waals surface area contributed by atoms with Crippen molar-refractivity contribution in [2.24, 2.45) is 4.99 Å². The topological polar surface area (TPSA) is 54.4 Å². The van der Waals surface area contributed by atoms with Gasteiger partial charge in [-0.05, 0) is 25.5 Å². The third-order valence-electron chi connectivity index (χ3n) is 3.57. The maximum Gasteiger partial charge on any atom is 0.237 e. The summed E-state index contributed by atoms with van der Waals surface area (Å²) in [7, 11) is 0. The van der Waals surface area contributed by atoms with Crippen LogP contribution in [0.1, 0.15) is 19.0 Å². The SMILES string of the molecule is CCC(SC1=NCCS1)C(=O)Nc1cc(C)nc2ccccc12. The maximum atomic E-state index is 12.7. The van der Waals surface area contributed by atoms with Crippen LogP contribution in [0.2, 0.25) is 0 Å². The van der Waals surface area contributed by atoms with Gasteiger partial charge in [-0.3, -0.25) is 14.8 Å². The first-order valence-electron chi connectivity index (χ1n) is 7.68. The van der Waals surface area contributed by atoms with E-state index in [0.717, 1.165) is 45.4 Å². The van der Waals surface area contributed by atoms with Crippen molar-refractivity contribution in [2.45, 2.75) is 25.5 Å². The Hall–Kier alpha value is -1.53. The molecule has 2 aromatic rings. The van der Waals surface area contributed by atoms with E-state index < -0.39 is 0 Å². The Morgan fingerprint density at radius 3 is 3.00 bits per heavy atom. The molecule has 0 radical (unpaired) electrons. The number of thioether (sulfide) groups is 2. The Labute approximate surface area is 144 Å². The van der Waals surface area contributed by atoms with Gasteiger partial charge in [0.15, 0.2) is 0 Å². The maximum absolute atomic E-state index is 12.7. The summed E-state index contributed by atoms with van der Waals surface area (Å²) >= 11 is 3.31. The van der Waals surface area contributed by atoms with Crippen LogP contribution in [0.15, 0.2) is 35.3 Å². The van der Waals surface area contributed by atoms with Gasteiger partial charge in [-0.2, -0.15) is 0 Å². The molecule has 0 fully saturated rings. The van der Waals surface area contributed by atoms with Crippen LogP contribution in [0, 0.1) is 6.92 Å². The highest BCUT2D eigenvalue weighted by atomic mass is 32.2. The molecule has 1 N–H and O–H groups in total. The van der Waals surface area contributed by atoms with Gasteiger partial charge in [-0.1, -0.05) is 48.6 Å².